The van der Waals surface area contributed by atoms with Crippen LogP contribution in [0.25, 0.3) is 0 Å². The summed E-state index contributed by atoms with van der Waals surface area (Å²) in [6, 6.07) is 11.7. The zero-order chi connectivity index (χ0) is 24.5. The third kappa shape index (κ3) is 6.61. The molecule has 9 nitrogen and oxygen atoms in total. The van der Waals surface area contributed by atoms with Crippen LogP contribution in [0.4, 0.5) is 5.69 Å². The molecule has 10 heteroatoms. The van der Waals surface area contributed by atoms with Gasteiger partial charge in [-0.05, 0) is 55.8 Å². The third-order valence-corrected chi connectivity index (χ3v) is 5.58. The first-order valence-electron chi connectivity index (χ1n) is 10.6. The molecule has 0 unspecified atom stereocenters. The lowest BCUT2D eigenvalue weighted by molar-refractivity contribution is -0.113. The lowest BCUT2D eigenvalue weighted by Crippen LogP contribution is -2.15. The maximum Gasteiger partial charge on any atom is 0.335 e. The van der Waals surface area contributed by atoms with E-state index in [0.29, 0.717) is 41.3 Å². The van der Waals surface area contributed by atoms with Crippen LogP contribution >= 0.6 is 11.8 Å². The number of carboxylic acid groups (broad SMARTS) is 1. The van der Waals surface area contributed by atoms with Crippen molar-refractivity contribution < 1.29 is 24.2 Å². The Morgan fingerprint density at radius 3 is 2.59 bits per heavy atom. The Balaban J connectivity index is 1.63. The summed E-state index contributed by atoms with van der Waals surface area (Å²) in [5.41, 5.74) is 1.74. The molecule has 0 aliphatic carbocycles. The number of aromatic nitrogens is 3. The highest BCUT2D eigenvalue weighted by atomic mass is 32.2. The number of aryl methyl sites for hydroxylation is 1. The van der Waals surface area contributed by atoms with E-state index in [-0.39, 0.29) is 23.8 Å². The van der Waals surface area contributed by atoms with E-state index in [2.05, 4.69) is 22.1 Å². The first-order valence-corrected chi connectivity index (χ1v) is 11.5. The van der Waals surface area contributed by atoms with Crippen LogP contribution in [0.1, 0.15) is 28.7 Å². The Morgan fingerprint density at radius 1 is 1.15 bits per heavy atom. The summed E-state index contributed by atoms with van der Waals surface area (Å²) in [6.07, 6.45) is 1.72. The van der Waals surface area contributed by atoms with Gasteiger partial charge in [0.25, 0.3) is 0 Å². The molecule has 0 bridgehead atoms. The number of allylic oxidation sites excluding steroid dienone is 1. The zero-order valence-corrected chi connectivity index (χ0v) is 19.8. The highest BCUT2D eigenvalue weighted by Crippen LogP contribution is 2.29. The van der Waals surface area contributed by atoms with Gasteiger partial charge in [-0.3, -0.25) is 9.36 Å². The molecule has 0 aliphatic heterocycles. The first kappa shape index (κ1) is 24.8. The zero-order valence-electron chi connectivity index (χ0n) is 19.0. The van der Waals surface area contributed by atoms with Crippen molar-refractivity contribution in [3.05, 3.63) is 72.1 Å². The van der Waals surface area contributed by atoms with Crippen LogP contribution in [-0.2, 0) is 17.9 Å². The molecule has 3 rings (SSSR count). The van der Waals surface area contributed by atoms with E-state index in [4.69, 9.17) is 14.6 Å². The topological polar surface area (TPSA) is 116 Å². The minimum absolute atomic E-state index is 0.100. The quantitative estimate of drug-likeness (QED) is 0.292. The van der Waals surface area contributed by atoms with Gasteiger partial charge >= 0.3 is 5.97 Å². The van der Waals surface area contributed by atoms with E-state index in [1.165, 1.54) is 23.9 Å². The minimum atomic E-state index is -1.02. The van der Waals surface area contributed by atoms with Crippen molar-refractivity contribution in [3.8, 4) is 11.5 Å². The van der Waals surface area contributed by atoms with Crippen molar-refractivity contribution in [1.29, 1.82) is 0 Å². The lowest BCUT2D eigenvalue weighted by Gasteiger charge is -2.13. The fourth-order valence-electron chi connectivity index (χ4n) is 3.01. The smallest absolute Gasteiger partial charge is 0.335 e. The number of carbonyl (C=O) groups is 2. The maximum absolute atomic E-state index is 12.4. The average molecular weight is 483 g/mol. The summed E-state index contributed by atoms with van der Waals surface area (Å²) in [7, 11) is 0. The number of aromatic carboxylic acids is 1. The number of rotatable bonds is 12. The van der Waals surface area contributed by atoms with Crippen molar-refractivity contribution >= 4 is 29.3 Å². The van der Waals surface area contributed by atoms with Crippen LogP contribution in [0.3, 0.4) is 0 Å². The summed E-state index contributed by atoms with van der Waals surface area (Å²) in [5.74, 6) is 0.702. The van der Waals surface area contributed by atoms with Crippen molar-refractivity contribution in [2.45, 2.75) is 32.2 Å². The third-order valence-electron chi connectivity index (χ3n) is 4.61. The van der Waals surface area contributed by atoms with Crippen LogP contribution in [0.2, 0.25) is 0 Å². The lowest BCUT2D eigenvalue weighted by atomic mass is 10.2. The SMILES string of the molecule is C=CCn1c(COc2ccc(C)cc2OCC)nnc1SCC(=O)Nc1ccc(C(=O)O)cc1. The number of nitrogens with one attached hydrogen (secondary N) is 1. The molecule has 0 radical (unpaired) electrons. The fraction of sp³-hybridized carbons (Fsp3) is 0.250. The molecule has 3 aromatic rings. The second-order valence-electron chi connectivity index (χ2n) is 7.19. The number of ether oxygens (including phenoxy) is 2. The number of thioether (sulfide) groups is 1. The van der Waals surface area contributed by atoms with Gasteiger partial charge in [0.05, 0.1) is 17.9 Å². The van der Waals surface area contributed by atoms with Gasteiger partial charge in [-0.25, -0.2) is 4.79 Å². The van der Waals surface area contributed by atoms with Crippen LogP contribution in [-0.4, -0.2) is 44.1 Å². The van der Waals surface area contributed by atoms with Gasteiger partial charge in [0, 0.05) is 12.2 Å². The number of hydrogen-bond acceptors (Lipinski definition) is 7. The molecule has 178 valence electrons. The summed E-state index contributed by atoms with van der Waals surface area (Å²) < 4.78 is 13.4. The molecule has 0 aliphatic rings. The van der Waals surface area contributed by atoms with Gasteiger partial charge in [-0.1, -0.05) is 23.9 Å². The van der Waals surface area contributed by atoms with Crippen molar-refractivity contribution in [2.24, 2.45) is 0 Å². The molecular weight excluding hydrogens is 456 g/mol. The van der Waals surface area contributed by atoms with Crippen molar-refractivity contribution in [2.75, 3.05) is 17.7 Å². The summed E-state index contributed by atoms with van der Waals surface area (Å²) in [4.78, 5) is 23.3. The van der Waals surface area contributed by atoms with E-state index in [1.807, 2.05) is 36.6 Å². The van der Waals surface area contributed by atoms with E-state index in [1.54, 1.807) is 18.2 Å². The Kier molecular flexibility index (Phi) is 8.69. The van der Waals surface area contributed by atoms with Gasteiger partial charge in [0.2, 0.25) is 5.91 Å². The molecule has 2 N–H and O–H groups in total. The number of carboxylic acids is 1. The number of anilines is 1. The van der Waals surface area contributed by atoms with Gasteiger partial charge < -0.3 is 19.9 Å². The summed E-state index contributed by atoms with van der Waals surface area (Å²) in [6.45, 7) is 8.84. The number of carbonyl (C=O) groups excluding carboxylic acids is 1. The molecule has 1 amide bonds. The van der Waals surface area contributed by atoms with Gasteiger partial charge in [-0.15, -0.1) is 16.8 Å². The monoisotopic (exact) mass is 482 g/mol. The van der Waals surface area contributed by atoms with E-state index in [9.17, 15) is 9.59 Å². The number of nitrogens with zero attached hydrogens (tertiary/aromatic N) is 3. The Bertz CT molecular complexity index is 1160. The number of hydrogen-bond donors (Lipinski definition) is 2. The first-order chi connectivity index (χ1) is 16.4. The summed E-state index contributed by atoms with van der Waals surface area (Å²) >= 11 is 1.23. The Labute approximate surface area is 201 Å². The number of benzene rings is 2. The molecule has 0 spiro atoms. The molecule has 34 heavy (non-hydrogen) atoms. The normalized spacial score (nSPS) is 10.5. The average Bonchev–Trinajstić information content (AvgIpc) is 3.19. The van der Waals surface area contributed by atoms with E-state index < -0.39 is 5.97 Å². The molecular formula is C24H26N4O5S. The maximum atomic E-state index is 12.4. The standard InChI is InChI=1S/C24H26N4O5S/c1-4-12-28-21(14-33-19-11-6-16(3)13-20(19)32-5-2)26-27-24(28)34-15-22(29)25-18-9-7-17(8-10-18)23(30)31/h4,6-11,13H,1,5,12,14-15H2,2-3H3,(H,25,29)(H,30,31). The van der Waals surface area contributed by atoms with Gasteiger partial charge in [0.15, 0.2) is 22.5 Å². The van der Waals surface area contributed by atoms with Crippen molar-refractivity contribution in [3.63, 3.8) is 0 Å². The predicted octanol–water partition coefficient (Wildman–Crippen LogP) is 4.18. The predicted molar refractivity (Wildman–Crippen MR) is 130 cm³/mol. The molecule has 0 fully saturated rings. The van der Waals surface area contributed by atoms with Gasteiger partial charge in [-0.2, -0.15) is 0 Å². The molecule has 0 saturated carbocycles. The molecule has 1 aromatic heterocycles. The second kappa shape index (κ2) is 11.9. The highest BCUT2D eigenvalue weighted by molar-refractivity contribution is 7.99. The largest absolute Gasteiger partial charge is 0.490 e. The fourth-order valence-corrected chi connectivity index (χ4v) is 3.78. The molecule has 0 atom stereocenters. The van der Waals surface area contributed by atoms with Crippen LogP contribution in [0.15, 0.2) is 60.3 Å². The van der Waals surface area contributed by atoms with Crippen LogP contribution in [0, 0.1) is 6.92 Å². The number of amides is 1. The van der Waals surface area contributed by atoms with Crippen LogP contribution < -0.4 is 14.8 Å². The summed E-state index contributed by atoms with van der Waals surface area (Å²) in [5, 5.41) is 20.7. The van der Waals surface area contributed by atoms with Crippen LogP contribution in [0.5, 0.6) is 11.5 Å². The minimum Gasteiger partial charge on any atom is -0.490 e. The molecule has 0 saturated heterocycles. The van der Waals surface area contributed by atoms with E-state index in [0.717, 1.165) is 5.56 Å². The Morgan fingerprint density at radius 2 is 1.91 bits per heavy atom. The molecule has 2 aromatic carbocycles. The van der Waals surface area contributed by atoms with Gasteiger partial charge in [0.1, 0.15) is 6.61 Å². The van der Waals surface area contributed by atoms with Crippen molar-refractivity contribution in [1.82, 2.24) is 14.8 Å². The highest BCUT2D eigenvalue weighted by Gasteiger charge is 2.15. The second-order valence-corrected chi connectivity index (χ2v) is 8.13. The van der Waals surface area contributed by atoms with E-state index >= 15 is 0 Å². The Hall–Kier alpha value is -3.79. The molecule has 1 heterocycles.